The van der Waals surface area contributed by atoms with Crippen molar-refractivity contribution in [1.29, 1.82) is 10.8 Å². The number of ether oxygens (including phenoxy) is 1. The normalized spacial score (nSPS) is 21.4. The molecule has 2 N–H and O–H groups in total. The van der Waals surface area contributed by atoms with Crippen molar-refractivity contribution in [2.45, 2.75) is 65.0 Å². The van der Waals surface area contributed by atoms with Crippen molar-refractivity contribution in [3.05, 3.63) is 27.2 Å². The van der Waals surface area contributed by atoms with Gasteiger partial charge < -0.3 is 9.30 Å². The molecule has 0 amide bonds. The maximum Gasteiger partial charge on any atom is 0.293 e. The molecule has 0 bridgehead atoms. The van der Waals surface area contributed by atoms with E-state index in [9.17, 15) is 4.79 Å². The van der Waals surface area contributed by atoms with Crippen LogP contribution in [0.1, 0.15) is 56.8 Å². The molecule has 2 saturated carbocycles. The van der Waals surface area contributed by atoms with Crippen molar-refractivity contribution >= 4 is 5.84 Å². The maximum absolute atomic E-state index is 12.8. The Morgan fingerprint density at radius 2 is 2.08 bits per heavy atom. The molecule has 2 heterocycles. The summed E-state index contributed by atoms with van der Waals surface area (Å²) < 4.78 is 9.00. The molecule has 0 unspecified atom stereocenters. The Morgan fingerprint density at radius 1 is 1.33 bits per heavy atom. The summed E-state index contributed by atoms with van der Waals surface area (Å²) in [5.74, 6) is 1.09. The summed E-state index contributed by atoms with van der Waals surface area (Å²) in [6.45, 7) is 3.75. The first-order valence-electron chi connectivity index (χ1n) is 9.19. The lowest BCUT2D eigenvalue weighted by Crippen LogP contribution is -2.50. The van der Waals surface area contributed by atoms with Gasteiger partial charge in [-0.25, -0.2) is 0 Å². The number of hydrogen-bond acceptors (Lipinski definition) is 4. The van der Waals surface area contributed by atoms with Crippen LogP contribution in [0, 0.1) is 22.2 Å². The van der Waals surface area contributed by atoms with E-state index in [1.807, 2.05) is 0 Å². The van der Waals surface area contributed by atoms with Crippen LogP contribution in [-0.2, 0) is 24.3 Å². The van der Waals surface area contributed by atoms with Crippen molar-refractivity contribution in [1.82, 2.24) is 9.13 Å². The molecule has 24 heavy (non-hydrogen) atoms. The molecular weight excluding hydrogens is 304 g/mol. The third-order valence-electron chi connectivity index (χ3n) is 5.90. The van der Waals surface area contributed by atoms with Crippen LogP contribution in [0.3, 0.4) is 0 Å². The predicted octanol–water partition coefficient (Wildman–Crippen LogP) is 2.02. The first kappa shape index (κ1) is 15.8. The molecule has 4 rings (SSSR count). The van der Waals surface area contributed by atoms with Gasteiger partial charge in [-0.1, -0.05) is 13.3 Å². The van der Waals surface area contributed by atoms with E-state index in [-0.39, 0.29) is 16.5 Å². The monoisotopic (exact) mass is 330 g/mol. The molecular formula is C18H26N4O2. The SMILES string of the molecule is CCCCn1c2c(n(C(=N)C3(C4CC4)CC3)c(=N)c1=O)CCOC2. The van der Waals surface area contributed by atoms with Gasteiger partial charge in [0.2, 0.25) is 0 Å². The number of unbranched alkanes of at least 4 members (excludes halogenated alkanes) is 1. The second kappa shape index (κ2) is 5.69. The number of nitrogens with zero attached hydrogens (tertiary/aromatic N) is 2. The topological polar surface area (TPSA) is 83.9 Å². The van der Waals surface area contributed by atoms with Crippen molar-refractivity contribution in [3.63, 3.8) is 0 Å². The van der Waals surface area contributed by atoms with Crippen LogP contribution in [0.25, 0.3) is 0 Å². The minimum absolute atomic E-state index is 0.0383. The highest BCUT2D eigenvalue weighted by Gasteiger charge is 2.58. The van der Waals surface area contributed by atoms with Gasteiger partial charge in [-0.15, -0.1) is 0 Å². The van der Waals surface area contributed by atoms with E-state index in [1.54, 1.807) is 9.13 Å². The van der Waals surface area contributed by atoms with Crippen molar-refractivity contribution in [2.75, 3.05) is 6.61 Å². The minimum atomic E-state index is -0.274. The lowest BCUT2D eigenvalue weighted by Gasteiger charge is -2.28. The van der Waals surface area contributed by atoms with E-state index in [0.717, 1.165) is 37.1 Å². The Balaban J connectivity index is 1.85. The Morgan fingerprint density at radius 3 is 2.71 bits per heavy atom. The van der Waals surface area contributed by atoms with Crippen LogP contribution in [-0.4, -0.2) is 21.6 Å². The number of nitrogens with one attached hydrogen (secondary N) is 2. The van der Waals surface area contributed by atoms with Gasteiger partial charge in [-0.2, -0.15) is 0 Å². The number of aromatic nitrogens is 2. The molecule has 0 spiro atoms. The van der Waals surface area contributed by atoms with Crippen LogP contribution in [0.4, 0.5) is 0 Å². The van der Waals surface area contributed by atoms with Gasteiger partial charge >= 0.3 is 0 Å². The van der Waals surface area contributed by atoms with E-state index in [2.05, 4.69) is 6.92 Å². The van der Waals surface area contributed by atoms with Crippen LogP contribution < -0.4 is 11.0 Å². The fourth-order valence-corrected chi connectivity index (χ4v) is 4.15. The van der Waals surface area contributed by atoms with Crippen LogP contribution in [0.2, 0.25) is 0 Å². The highest BCUT2D eigenvalue weighted by atomic mass is 16.5. The second-order valence-corrected chi connectivity index (χ2v) is 7.47. The van der Waals surface area contributed by atoms with Crippen molar-refractivity contribution in [2.24, 2.45) is 11.3 Å². The quantitative estimate of drug-likeness (QED) is 0.639. The molecule has 6 heteroatoms. The number of hydrogen-bond donors (Lipinski definition) is 2. The zero-order valence-corrected chi connectivity index (χ0v) is 14.4. The van der Waals surface area contributed by atoms with Crippen LogP contribution >= 0.6 is 0 Å². The lowest BCUT2D eigenvalue weighted by atomic mass is 9.98. The standard InChI is InChI=1S/C18H26N4O2/c1-2-3-9-21-14-11-24-10-6-13(14)22(15(19)16(21)23)17(20)18(7-8-18)12-4-5-12/h12,19-20H,2-11H2,1H3. The molecule has 0 aromatic carbocycles. The first-order chi connectivity index (χ1) is 11.6. The zero-order chi connectivity index (χ0) is 16.9. The van der Waals surface area contributed by atoms with E-state index < -0.39 is 0 Å². The molecule has 1 aliphatic heterocycles. The number of rotatable bonds is 5. The van der Waals surface area contributed by atoms with E-state index >= 15 is 0 Å². The molecule has 3 aliphatic rings. The molecule has 2 fully saturated rings. The summed E-state index contributed by atoms with van der Waals surface area (Å²) in [6, 6.07) is 0. The molecule has 0 saturated heterocycles. The lowest BCUT2D eigenvalue weighted by molar-refractivity contribution is 0.0999. The summed E-state index contributed by atoms with van der Waals surface area (Å²) >= 11 is 0. The predicted molar refractivity (Wildman–Crippen MR) is 90.3 cm³/mol. The summed E-state index contributed by atoms with van der Waals surface area (Å²) in [6.07, 6.45) is 7.05. The first-order valence-corrected chi connectivity index (χ1v) is 9.19. The molecule has 0 atom stereocenters. The second-order valence-electron chi connectivity index (χ2n) is 7.47. The summed E-state index contributed by atoms with van der Waals surface area (Å²) in [4.78, 5) is 12.8. The zero-order valence-electron chi connectivity index (χ0n) is 14.4. The van der Waals surface area contributed by atoms with Gasteiger partial charge in [-0.3, -0.25) is 20.2 Å². The Hall–Kier alpha value is -1.69. The Bertz CT molecular complexity index is 796. The fraction of sp³-hybridized carbons (Fsp3) is 0.722. The fourth-order valence-electron chi connectivity index (χ4n) is 4.15. The van der Waals surface area contributed by atoms with E-state index in [0.29, 0.717) is 37.9 Å². The van der Waals surface area contributed by atoms with Crippen LogP contribution in [0.5, 0.6) is 0 Å². The smallest absolute Gasteiger partial charge is 0.293 e. The molecule has 1 aromatic heterocycles. The average molecular weight is 330 g/mol. The van der Waals surface area contributed by atoms with Gasteiger partial charge in [0.1, 0.15) is 5.84 Å². The number of fused-ring (bicyclic) bond motifs is 1. The van der Waals surface area contributed by atoms with E-state index in [1.165, 1.54) is 12.8 Å². The van der Waals surface area contributed by atoms with Crippen molar-refractivity contribution < 1.29 is 4.74 Å². The average Bonchev–Trinajstić information content (AvgIpc) is 3.47. The summed E-state index contributed by atoms with van der Waals surface area (Å²) in [5, 5.41) is 17.3. The molecule has 0 radical (unpaired) electrons. The molecule has 2 aliphatic carbocycles. The molecule has 1 aromatic rings. The highest BCUT2D eigenvalue weighted by Crippen LogP contribution is 2.62. The van der Waals surface area contributed by atoms with Crippen LogP contribution in [0.15, 0.2) is 4.79 Å². The van der Waals surface area contributed by atoms with E-state index in [4.69, 9.17) is 15.6 Å². The summed E-state index contributed by atoms with van der Waals surface area (Å²) in [5.41, 5.74) is 1.47. The highest BCUT2D eigenvalue weighted by molar-refractivity contribution is 5.91. The van der Waals surface area contributed by atoms with Gasteiger partial charge in [0.15, 0.2) is 5.49 Å². The summed E-state index contributed by atoms with van der Waals surface area (Å²) in [7, 11) is 0. The van der Waals surface area contributed by atoms with Gasteiger partial charge in [0, 0.05) is 18.4 Å². The third-order valence-corrected chi connectivity index (χ3v) is 5.90. The third kappa shape index (κ3) is 2.31. The maximum atomic E-state index is 12.8. The van der Waals surface area contributed by atoms with Gasteiger partial charge in [0.25, 0.3) is 5.56 Å². The Kier molecular flexibility index (Phi) is 3.75. The minimum Gasteiger partial charge on any atom is -0.375 e. The van der Waals surface area contributed by atoms with Gasteiger partial charge in [0.05, 0.1) is 24.6 Å². The Labute approximate surface area is 141 Å². The molecule has 6 nitrogen and oxygen atoms in total. The molecule has 130 valence electrons. The largest absolute Gasteiger partial charge is 0.375 e. The van der Waals surface area contributed by atoms with Crippen molar-refractivity contribution in [3.8, 4) is 0 Å². The van der Waals surface area contributed by atoms with Gasteiger partial charge in [-0.05, 0) is 38.0 Å².